The summed E-state index contributed by atoms with van der Waals surface area (Å²) in [4.78, 5) is 11.7. The minimum absolute atomic E-state index is 0.0477. The van der Waals surface area contributed by atoms with Crippen molar-refractivity contribution in [1.29, 1.82) is 0 Å². The highest BCUT2D eigenvalue weighted by Gasteiger charge is 2.13. The standard InChI is InChI=1S/C13H20N2O/c1-3-12(8-14)13(16)15-9-11-6-4-5-10(2)7-11/h4-7,12H,3,8-9,14H2,1-2H3,(H,15,16). The first kappa shape index (κ1) is 12.7. The Balaban J connectivity index is 2.48. The molecule has 1 atom stereocenters. The highest BCUT2D eigenvalue weighted by Crippen LogP contribution is 2.05. The zero-order valence-corrected chi connectivity index (χ0v) is 9.99. The van der Waals surface area contributed by atoms with Crippen LogP contribution < -0.4 is 11.1 Å². The van der Waals surface area contributed by atoms with Crippen molar-refractivity contribution < 1.29 is 4.79 Å². The molecular weight excluding hydrogens is 200 g/mol. The fourth-order valence-electron chi connectivity index (χ4n) is 1.61. The summed E-state index contributed by atoms with van der Waals surface area (Å²) in [6.07, 6.45) is 0.788. The number of benzene rings is 1. The maximum absolute atomic E-state index is 11.7. The lowest BCUT2D eigenvalue weighted by Crippen LogP contribution is -2.34. The lowest BCUT2D eigenvalue weighted by molar-refractivity contribution is -0.124. The molecule has 88 valence electrons. The molecule has 0 aliphatic rings. The van der Waals surface area contributed by atoms with Gasteiger partial charge in [0.15, 0.2) is 0 Å². The number of nitrogens with one attached hydrogen (secondary N) is 1. The molecule has 3 nitrogen and oxygen atoms in total. The topological polar surface area (TPSA) is 55.1 Å². The van der Waals surface area contributed by atoms with E-state index in [-0.39, 0.29) is 11.8 Å². The lowest BCUT2D eigenvalue weighted by Gasteiger charge is -2.12. The summed E-state index contributed by atoms with van der Waals surface area (Å²) in [5, 5.41) is 2.91. The zero-order chi connectivity index (χ0) is 12.0. The molecule has 1 amide bonds. The molecule has 0 aromatic heterocycles. The normalized spacial score (nSPS) is 12.2. The van der Waals surface area contributed by atoms with E-state index >= 15 is 0 Å². The summed E-state index contributed by atoms with van der Waals surface area (Å²) in [6.45, 7) is 5.01. The molecule has 0 saturated carbocycles. The van der Waals surface area contributed by atoms with Crippen LogP contribution in [-0.2, 0) is 11.3 Å². The van der Waals surface area contributed by atoms with Crippen molar-refractivity contribution in [3.8, 4) is 0 Å². The smallest absolute Gasteiger partial charge is 0.224 e. The Morgan fingerprint density at radius 2 is 2.25 bits per heavy atom. The number of amides is 1. The molecule has 1 aromatic rings. The monoisotopic (exact) mass is 220 g/mol. The van der Waals surface area contributed by atoms with E-state index in [1.54, 1.807) is 0 Å². The van der Waals surface area contributed by atoms with Crippen LogP contribution >= 0.6 is 0 Å². The van der Waals surface area contributed by atoms with E-state index < -0.39 is 0 Å². The van der Waals surface area contributed by atoms with Crippen LogP contribution in [-0.4, -0.2) is 12.5 Å². The fourth-order valence-corrected chi connectivity index (χ4v) is 1.61. The van der Waals surface area contributed by atoms with Crippen molar-refractivity contribution in [2.24, 2.45) is 11.7 Å². The third kappa shape index (κ3) is 3.66. The second kappa shape index (κ2) is 6.28. The van der Waals surface area contributed by atoms with E-state index in [0.29, 0.717) is 13.1 Å². The molecule has 3 N–H and O–H groups in total. The maximum Gasteiger partial charge on any atom is 0.224 e. The SMILES string of the molecule is CCC(CN)C(=O)NCc1cccc(C)c1. The highest BCUT2D eigenvalue weighted by molar-refractivity contribution is 5.78. The van der Waals surface area contributed by atoms with Gasteiger partial charge in [0.2, 0.25) is 5.91 Å². The van der Waals surface area contributed by atoms with E-state index in [9.17, 15) is 4.79 Å². The molecule has 3 heteroatoms. The predicted octanol–water partition coefficient (Wildman–Crippen LogP) is 1.60. The van der Waals surface area contributed by atoms with Gasteiger partial charge in [0.25, 0.3) is 0 Å². The first-order valence-corrected chi connectivity index (χ1v) is 5.70. The third-order valence-electron chi connectivity index (χ3n) is 2.70. The Hall–Kier alpha value is -1.35. The Kier molecular flexibility index (Phi) is 4.99. The summed E-state index contributed by atoms with van der Waals surface area (Å²) in [6, 6.07) is 8.12. The van der Waals surface area contributed by atoms with Gasteiger partial charge >= 0.3 is 0 Å². The number of rotatable bonds is 5. The largest absolute Gasteiger partial charge is 0.352 e. The van der Waals surface area contributed by atoms with Gasteiger partial charge in [0, 0.05) is 19.0 Å². The second-order valence-corrected chi connectivity index (χ2v) is 4.05. The van der Waals surface area contributed by atoms with E-state index in [0.717, 1.165) is 12.0 Å². The molecule has 1 aromatic carbocycles. The van der Waals surface area contributed by atoms with Crippen LogP contribution in [0.3, 0.4) is 0 Å². The summed E-state index contributed by atoms with van der Waals surface area (Å²) in [5.74, 6) is -0.0173. The first-order valence-electron chi connectivity index (χ1n) is 5.70. The van der Waals surface area contributed by atoms with Gasteiger partial charge in [-0.2, -0.15) is 0 Å². The number of aryl methyl sites for hydroxylation is 1. The molecule has 0 aliphatic carbocycles. The maximum atomic E-state index is 11.7. The van der Waals surface area contributed by atoms with Crippen LogP contribution in [0.25, 0.3) is 0 Å². The van der Waals surface area contributed by atoms with Crippen molar-refractivity contribution in [2.45, 2.75) is 26.8 Å². The van der Waals surface area contributed by atoms with Gasteiger partial charge in [-0.15, -0.1) is 0 Å². The van der Waals surface area contributed by atoms with Crippen LogP contribution in [0.2, 0.25) is 0 Å². The van der Waals surface area contributed by atoms with Crippen LogP contribution in [0.15, 0.2) is 24.3 Å². The summed E-state index contributed by atoms with van der Waals surface area (Å²) in [5.41, 5.74) is 7.85. The molecular formula is C13H20N2O. The van der Waals surface area contributed by atoms with Gasteiger partial charge in [-0.05, 0) is 18.9 Å². The lowest BCUT2D eigenvalue weighted by atomic mass is 10.1. The Labute approximate surface area is 97.0 Å². The molecule has 1 unspecified atom stereocenters. The minimum Gasteiger partial charge on any atom is -0.352 e. The molecule has 1 rings (SSSR count). The van der Waals surface area contributed by atoms with E-state index in [2.05, 4.69) is 11.4 Å². The van der Waals surface area contributed by atoms with Crippen LogP contribution in [0.1, 0.15) is 24.5 Å². The van der Waals surface area contributed by atoms with Gasteiger partial charge in [-0.1, -0.05) is 36.8 Å². The number of carbonyl (C=O) groups excluding carboxylic acids is 1. The Morgan fingerprint density at radius 1 is 1.50 bits per heavy atom. The molecule has 0 aliphatic heterocycles. The second-order valence-electron chi connectivity index (χ2n) is 4.05. The first-order chi connectivity index (χ1) is 7.67. The van der Waals surface area contributed by atoms with E-state index in [1.165, 1.54) is 5.56 Å². The van der Waals surface area contributed by atoms with Gasteiger partial charge < -0.3 is 11.1 Å². The van der Waals surface area contributed by atoms with Crippen molar-refractivity contribution >= 4 is 5.91 Å². The Bertz CT molecular complexity index is 346. The molecule has 16 heavy (non-hydrogen) atoms. The molecule has 0 spiro atoms. The molecule has 0 saturated heterocycles. The van der Waals surface area contributed by atoms with Gasteiger partial charge in [0.1, 0.15) is 0 Å². The number of nitrogens with two attached hydrogens (primary N) is 1. The quantitative estimate of drug-likeness (QED) is 0.792. The predicted molar refractivity (Wildman–Crippen MR) is 65.9 cm³/mol. The average molecular weight is 220 g/mol. The van der Waals surface area contributed by atoms with Crippen LogP contribution in [0.4, 0.5) is 0 Å². The summed E-state index contributed by atoms with van der Waals surface area (Å²) in [7, 11) is 0. The number of hydrogen-bond donors (Lipinski definition) is 2. The zero-order valence-electron chi connectivity index (χ0n) is 9.99. The highest BCUT2D eigenvalue weighted by atomic mass is 16.1. The molecule has 0 bridgehead atoms. The minimum atomic E-state index is -0.0650. The average Bonchev–Trinajstić information content (AvgIpc) is 2.28. The Morgan fingerprint density at radius 3 is 2.81 bits per heavy atom. The van der Waals surface area contributed by atoms with Crippen molar-refractivity contribution in [3.63, 3.8) is 0 Å². The number of hydrogen-bond acceptors (Lipinski definition) is 2. The van der Waals surface area contributed by atoms with Gasteiger partial charge in [-0.3, -0.25) is 4.79 Å². The molecule has 0 fully saturated rings. The van der Waals surface area contributed by atoms with Gasteiger partial charge in [0.05, 0.1) is 0 Å². The van der Waals surface area contributed by atoms with E-state index in [4.69, 9.17) is 5.73 Å². The van der Waals surface area contributed by atoms with E-state index in [1.807, 2.05) is 32.0 Å². The van der Waals surface area contributed by atoms with Crippen molar-refractivity contribution in [3.05, 3.63) is 35.4 Å². The third-order valence-corrected chi connectivity index (χ3v) is 2.70. The summed E-state index contributed by atoms with van der Waals surface area (Å²) < 4.78 is 0. The van der Waals surface area contributed by atoms with Crippen LogP contribution in [0.5, 0.6) is 0 Å². The van der Waals surface area contributed by atoms with Crippen LogP contribution in [0, 0.1) is 12.8 Å². The molecule has 0 heterocycles. The van der Waals surface area contributed by atoms with Crippen molar-refractivity contribution in [2.75, 3.05) is 6.54 Å². The fraction of sp³-hybridized carbons (Fsp3) is 0.462. The summed E-state index contributed by atoms with van der Waals surface area (Å²) >= 11 is 0. The number of carbonyl (C=O) groups is 1. The van der Waals surface area contributed by atoms with Crippen molar-refractivity contribution in [1.82, 2.24) is 5.32 Å². The molecule has 0 radical (unpaired) electrons. The van der Waals surface area contributed by atoms with Gasteiger partial charge in [-0.25, -0.2) is 0 Å².